The third kappa shape index (κ3) is 2.45. The number of aryl methyl sites for hydroxylation is 1. The molecule has 88 valence electrons. The van der Waals surface area contributed by atoms with Gasteiger partial charge in [0.05, 0.1) is 11.4 Å². The minimum absolute atomic E-state index is 0.175. The molecule has 0 unspecified atom stereocenters. The molecule has 0 fully saturated rings. The molecule has 0 aliphatic rings. The van der Waals surface area contributed by atoms with Crippen molar-refractivity contribution in [1.29, 1.82) is 0 Å². The molecule has 1 aromatic carbocycles. The summed E-state index contributed by atoms with van der Waals surface area (Å²) in [5.41, 5.74) is 6.23. The number of nitrogens with zero attached hydrogens (tertiary/aromatic N) is 2. The van der Waals surface area contributed by atoms with Gasteiger partial charge in [0, 0.05) is 11.1 Å². The lowest BCUT2D eigenvalue weighted by Gasteiger charge is -2.08. The van der Waals surface area contributed by atoms with Gasteiger partial charge in [0.25, 0.3) is 5.88 Å². The average molecular weight is 254 g/mol. The number of halogens is 2. The highest BCUT2D eigenvalue weighted by Crippen LogP contribution is 2.30. The SMILES string of the molecule is Cc1ncnc(Oc2cc(Cl)ccc2N)c1F. The van der Waals surface area contributed by atoms with E-state index in [1.807, 2.05) is 0 Å². The van der Waals surface area contributed by atoms with Crippen LogP contribution in [0.4, 0.5) is 10.1 Å². The summed E-state index contributed by atoms with van der Waals surface area (Å²) in [5.74, 6) is -0.534. The molecule has 0 bridgehead atoms. The van der Waals surface area contributed by atoms with E-state index >= 15 is 0 Å². The van der Waals surface area contributed by atoms with Crippen molar-refractivity contribution >= 4 is 17.3 Å². The van der Waals surface area contributed by atoms with Gasteiger partial charge in [-0.1, -0.05) is 11.6 Å². The van der Waals surface area contributed by atoms with Crippen molar-refractivity contribution in [3.05, 3.63) is 41.1 Å². The summed E-state index contributed by atoms with van der Waals surface area (Å²) in [6, 6.07) is 4.68. The van der Waals surface area contributed by atoms with E-state index in [1.54, 1.807) is 12.1 Å². The number of ether oxygens (including phenoxy) is 1. The van der Waals surface area contributed by atoms with Crippen molar-refractivity contribution in [3.63, 3.8) is 0 Å². The summed E-state index contributed by atoms with van der Waals surface area (Å²) in [7, 11) is 0. The van der Waals surface area contributed by atoms with Crippen molar-refractivity contribution in [1.82, 2.24) is 9.97 Å². The highest BCUT2D eigenvalue weighted by atomic mass is 35.5. The van der Waals surface area contributed by atoms with Gasteiger partial charge in [-0.05, 0) is 19.1 Å². The van der Waals surface area contributed by atoms with Gasteiger partial charge in [-0.15, -0.1) is 0 Å². The molecule has 0 amide bonds. The number of nitrogen functional groups attached to an aromatic ring is 1. The van der Waals surface area contributed by atoms with E-state index in [0.29, 0.717) is 10.7 Å². The Bertz CT molecular complexity index is 562. The molecule has 0 saturated carbocycles. The van der Waals surface area contributed by atoms with Gasteiger partial charge >= 0.3 is 0 Å². The second-order valence-corrected chi connectivity index (χ2v) is 3.80. The molecule has 17 heavy (non-hydrogen) atoms. The second-order valence-electron chi connectivity index (χ2n) is 3.36. The van der Waals surface area contributed by atoms with Gasteiger partial charge < -0.3 is 10.5 Å². The zero-order valence-corrected chi connectivity index (χ0v) is 9.70. The average Bonchev–Trinajstić information content (AvgIpc) is 2.30. The molecule has 1 aromatic heterocycles. The highest BCUT2D eigenvalue weighted by Gasteiger charge is 2.11. The molecule has 2 rings (SSSR count). The Balaban J connectivity index is 2.38. The zero-order valence-electron chi connectivity index (χ0n) is 8.95. The van der Waals surface area contributed by atoms with Gasteiger partial charge in [-0.2, -0.15) is 9.37 Å². The standard InChI is InChI=1S/C11H9ClFN3O/c1-6-10(13)11(16-5-15-6)17-9-4-7(12)2-3-8(9)14/h2-5H,14H2,1H3. The van der Waals surface area contributed by atoms with Crippen molar-refractivity contribution in [2.75, 3.05) is 5.73 Å². The van der Waals surface area contributed by atoms with Crippen LogP contribution in [-0.4, -0.2) is 9.97 Å². The summed E-state index contributed by atoms with van der Waals surface area (Å²) >= 11 is 5.79. The van der Waals surface area contributed by atoms with Gasteiger partial charge in [-0.25, -0.2) is 4.98 Å². The fourth-order valence-electron chi connectivity index (χ4n) is 1.21. The lowest BCUT2D eigenvalue weighted by Crippen LogP contribution is -1.98. The van der Waals surface area contributed by atoms with Crippen LogP contribution in [0.1, 0.15) is 5.69 Å². The van der Waals surface area contributed by atoms with Crippen LogP contribution in [0.5, 0.6) is 11.6 Å². The van der Waals surface area contributed by atoms with Crippen LogP contribution in [0.2, 0.25) is 5.02 Å². The maximum atomic E-state index is 13.6. The number of hydrogen-bond acceptors (Lipinski definition) is 4. The first kappa shape index (κ1) is 11.6. The zero-order chi connectivity index (χ0) is 12.4. The van der Waals surface area contributed by atoms with Crippen LogP contribution in [0, 0.1) is 12.7 Å². The Morgan fingerprint density at radius 3 is 2.88 bits per heavy atom. The third-order valence-corrected chi connectivity index (χ3v) is 2.35. The maximum absolute atomic E-state index is 13.6. The quantitative estimate of drug-likeness (QED) is 0.836. The summed E-state index contributed by atoms with van der Waals surface area (Å²) in [4.78, 5) is 7.40. The smallest absolute Gasteiger partial charge is 0.259 e. The fourth-order valence-corrected chi connectivity index (χ4v) is 1.37. The van der Waals surface area contributed by atoms with E-state index in [-0.39, 0.29) is 17.3 Å². The third-order valence-electron chi connectivity index (χ3n) is 2.11. The Morgan fingerprint density at radius 1 is 1.35 bits per heavy atom. The topological polar surface area (TPSA) is 61.0 Å². The number of rotatable bonds is 2. The van der Waals surface area contributed by atoms with E-state index in [2.05, 4.69) is 9.97 Å². The molecule has 2 N–H and O–H groups in total. The molecule has 0 saturated heterocycles. The van der Waals surface area contributed by atoms with E-state index < -0.39 is 5.82 Å². The van der Waals surface area contributed by atoms with Gasteiger partial charge in [0.15, 0.2) is 5.75 Å². The van der Waals surface area contributed by atoms with Crippen molar-refractivity contribution < 1.29 is 9.13 Å². The first-order chi connectivity index (χ1) is 8.08. The van der Waals surface area contributed by atoms with E-state index in [1.165, 1.54) is 19.3 Å². The molecule has 0 atom stereocenters. The summed E-state index contributed by atoms with van der Waals surface area (Å²) in [6.45, 7) is 1.52. The monoisotopic (exact) mass is 253 g/mol. The molecule has 1 heterocycles. The Morgan fingerprint density at radius 2 is 2.12 bits per heavy atom. The van der Waals surface area contributed by atoms with Gasteiger partial charge in [-0.3, -0.25) is 0 Å². The first-order valence-electron chi connectivity index (χ1n) is 4.78. The van der Waals surface area contributed by atoms with Gasteiger partial charge in [0.2, 0.25) is 5.82 Å². The lowest BCUT2D eigenvalue weighted by atomic mass is 10.3. The normalized spacial score (nSPS) is 10.3. The van der Waals surface area contributed by atoms with Crippen molar-refractivity contribution in [3.8, 4) is 11.6 Å². The Kier molecular flexibility index (Phi) is 3.10. The predicted octanol–water partition coefficient (Wildman–Crippen LogP) is 2.95. The molecule has 6 heteroatoms. The van der Waals surface area contributed by atoms with Crippen LogP contribution >= 0.6 is 11.6 Å². The maximum Gasteiger partial charge on any atom is 0.259 e. The molecule has 0 spiro atoms. The molecule has 0 aliphatic heterocycles. The predicted molar refractivity (Wildman–Crippen MR) is 62.7 cm³/mol. The van der Waals surface area contributed by atoms with E-state index in [0.717, 1.165) is 0 Å². The van der Waals surface area contributed by atoms with E-state index in [4.69, 9.17) is 22.1 Å². The van der Waals surface area contributed by atoms with Crippen LogP contribution in [0.25, 0.3) is 0 Å². The second kappa shape index (κ2) is 4.55. The van der Waals surface area contributed by atoms with E-state index in [9.17, 15) is 4.39 Å². The number of nitrogens with two attached hydrogens (primary N) is 1. The minimum Gasteiger partial charge on any atom is -0.434 e. The molecule has 0 radical (unpaired) electrons. The number of benzene rings is 1. The van der Waals surface area contributed by atoms with Crippen molar-refractivity contribution in [2.24, 2.45) is 0 Å². The highest BCUT2D eigenvalue weighted by molar-refractivity contribution is 6.30. The molecular formula is C11H9ClFN3O. The lowest BCUT2D eigenvalue weighted by molar-refractivity contribution is 0.418. The number of hydrogen-bond donors (Lipinski definition) is 1. The Labute approximate surface area is 102 Å². The summed E-state index contributed by atoms with van der Waals surface area (Å²) in [5, 5.41) is 0.445. The number of aromatic nitrogens is 2. The minimum atomic E-state index is -0.619. The molecule has 2 aromatic rings. The summed E-state index contributed by atoms with van der Waals surface area (Å²) in [6.07, 6.45) is 1.22. The summed E-state index contributed by atoms with van der Waals surface area (Å²) < 4.78 is 18.9. The first-order valence-corrected chi connectivity index (χ1v) is 5.15. The van der Waals surface area contributed by atoms with Crippen LogP contribution in [-0.2, 0) is 0 Å². The van der Waals surface area contributed by atoms with Crippen molar-refractivity contribution in [2.45, 2.75) is 6.92 Å². The van der Waals surface area contributed by atoms with Crippen LogP contribution < -0.4 is 10.5 Å². The Hall–Kier alpha value is -1.88. The largest absolute Gasteiger partial charge is 0.434 e. The van der Waals surface area contributed by atoms with Crippen LogP contribution in [0.15, 0.2) is 24.5 Å². The number of anilines is 1. The fraction of sp³-hybridized carbons (Fsp3) is 0.0909. The molecule has 0 aliphatic carbocycles. The van der Waals surface area contributed by atoms with Crippen LogP contribution in [0.3, 0.4) is 0 Å². The molecular weight excluding hydrogens is 245 g/mol. The van der Waals surface area contributed by atoms with Gasteiger partial charge in [0.1, 0.15) is 6.33 Å². The molecule has 4 nitrogen and oxygen atoms in total.